The van der Waals surface area contributed by atoms with Gasteiger partial charge >= 0.3 is 0 Å². The first-order valence-corrected chi connectivity index (χ1v) is 6.28. The summed E-state index contributed by atoms with van der Waals surface area (Å²) in [5.74, 6) is 0.1000. The lowest BCUT2D eigenvalue weighted by molar-refractivity contribution is 0.0791. The zero-order valence-electron chi connectivity index (χ0n) is 10.9. The van der Waals surface area contributed by atoms with E-state index in [9.17, 15) is 4.79 Å². The Morgan fingerprint density at radius 1 is 1.29 bits per heavy atom. The molecule has 17 heavy (non-hydrogen) atoms. The summed E-state index contributed by atoms with van der Waals surface area (Å²) >= 11 is 0. The normalized spacial score (nSPS) is 18.6. The molecule has 0 saturated carbocycles. The molecule has 0 aromatic heterocycles. The van der Waals surface area contributed by atoms with Gasteiger partial charge in [0, 0.05) is 24.7 Å². The molecule has 2 N–H and O–H groups in total. The number of hydrogen-bond donors (Lipinski definition) is 1. The van der Waals surface area contributed by atoms with Gasteiger partial charge < -0.3 is 10.6 Å². The highest BCUT2D eigenvalue weighted by atomic mass is 16.2. The van der Waals surface area contributed by atoms with Crippen molar-refractivity contribution < 1.29 is 4.79 Å². The first-order valence-electron chi connectivity index (χ1n) is 6.28. The average molecular weight is 234 g/mol. The first kappa shape index (κ1) is 13.7. The summed E-state index contributed by atoms with van der Waals surface area (Å²) < 4.78 is 0. The predicted octanol–water partition coefficient (Wildman–Crippen LogP) is 2.19. The minimum absolute atomic E-state index is 0.1000. The maximum atomic E-state index is 12.0. The summed E-state index contributed by atoms with van der Waals surface area (Å²) in [5, 5.41) is 0. The molecule has 1 saturated heterocycles. The molecule has 3 heteroatoms. The Labute approximate surface area is 104 Å². The summed E-state index contributed by atoms with van der Waals surface area (Å²) in [4.78, 5) is 13.8. The smallest absolute Gasteiger partial charge is 0.253 e. The minimum atomic E-state index is 0.1000. The molecule has 1 aromatic rings. The molecule has 2 rings (SSSR count). The molecular formula is C14H22N2O. The summed E-state index contributed by atoms with van der Waals surface area (Å²) in [6.07, 6.45) is 0.914. The molecule has 0 bridgehead atoms. The highest BCUT2D eigenvalue weighted by molar-refractivity contribution is 5.94. The quantitative estimate of drug-likeness (QED) is 0.809. The first-order chi connectivity index (χ1) is 8.16. The zero-order valence-corrected chi connectivity index (χ0v) is 10.9. The lowest BCUT2D eigenvalue weighted by atomic mass is 10.1. The van der Waals surface area contributed by atoms with Crippen LogP contribution in [0.4, 0.5) is 0 Å². The van der Waals surface area contributed by atoms with E-state index in [0.717, 1.165) is 18.5 Å². The molecule has 1 heterocycles. The van der Waals surface area contributed by atoms with Crippen LogP contribution in [0.3, 0.4) is 0 Å². The Morgan fingerprint density at radius 3 is 2.35 bits per heavy atom. The van der Waals surface area contributed by atoms with E-state index in [2.05, 4.69) is 0 Å². The van der Waals surface area contributed by atoms with Gasteiger partial charge in [0.05, 0.1) is 0 Å². The molecule has 3 nitrogen and oxygen atoms in total. The van der Waals surface area contributed by atoms with Gasteiger partial charge in [-0.15, -0.1) is 0 Å². The van der Waals surface area contributed by atoms with Gasteiger partial charge in [0.15, 0.2) is 0 Å². The Morgan fingerprint density at radius 2 is 1.88 bits per heavy atom. The van der Waals surface area contributed by atoms with Crippen LogP contribution < -0.4 is 5.73 Å². The third-order valence-electron chi connectivity index (χ3n) is 2.81. The zero-order chi connectivity index (χ0) is 12.8. The SMILES string of the molecule is CC.Cc1ccc(C(=O)N2CC[C@@H](N)C2)cc1. The van der Waals surface area contributed by atoms with Crippen molar-refractivity contribution in [1.29, 1.82) is 0 Å². The molecule has 1 aliphatic rings. The van der Waals surface area contributed by atoms with Crippen molar-refractivity contribution in [3.05, 3.63) is 35.4 Å². The van der Waals surface area contributed by atoms with Crippen LogP contribution in [-0.4, -0.2) is 29.9 Å². The number of carbonyl (C=O) groups is 1. The monoisotopic (exact) mass is 234 g/mol. The van der Waals surface area contributed by atoms with Gasteiger partial charge in [-0.1, -0.05) is 31.5 Å². The topological polar surface area (TPSA) is 46.3 Å². The van der Waals surface area contributed by atoms with Gasteiger partial charge in [0.2, 0.25) is 0 Å². The molecule has 1 fully saturated rings. The molecule has 0 spiro atoms. The van der Waals surface area contributed by atoms with Crippen LogP contribution in [0, 0.1) is 6.92 Å². The maximum Gasteiger partial charge on any atom is 0.253 e. The van der Waals surface area contributed by atoms with Crippen LogP contribution in [0.5, 0.6) is 0 Å². The van der Waals surface area contributed by atoms with Crippen molar-refractivity contribution in [2.24, 2.45) is 5.73 Å². The molecule has 0 aliphatic carbocycles. The maximum absolute atomic E-state index is 12.0. The van der Waals surface area contributed by atoms with Crippen molar-refractivity contribution in [2.75, 3.05) is 13.1 Å². The molecule has 1 amide bonds. The summed E-state index contributed by atoms with van der Waals surface area (Å²) in [6.45, 7) is 7.49. The van der Waals surface area contributed by atoms with Gasteiger partial charge in [-0.2, -0.15) is 0 Å². The Balaban J connectivity index is 0.000000686. The molecule has 1 atom stereocenters. The van der Waals surface area contributed by atoms with Crippen LogP contribution in [-0.2, 0) is 0 Å². The van der Waals surface area contributed by atoms with Crippen LogP contribution in [0.15, 0.2) is 24.3 Å². The minimum Gasteiger partial charge on any atom is -0.337 e. The van der Waals surface area contributed by atoms with Crippen LogP contribution in [0.2, 0.25) is 0 Å². The van der Waals surface area contributed by atoms with E-state index < -0.39 is 0 Å². The Kier molecular flexibility index (Phi) is 5.16. The molecular weight excluding hydrogens is 212 g/mol. The number of benzene rings is 1. The number of likely N-dealkylation sites (tertiary alicyclic amines) is 1. The van der Waals surface area contributed by atoms with Gasteiger partial charge in [-0.25, -0.2) is 0 Å². The molecule has 0 radical (unpaired) electrons. The Bertz CT molecular complexity index is 359. The van der Waals surface area contributed by atoms with E-state index in [1.165, 1.54) is 5.56 Å². The Hall–Kier alpha value is -1.35. The van der Waals surface area contributed by atoms with Crippen LogP contribution >= 0.6 is 0 Å². The second-order valence-corrected chi connectivity index (χ2v) is 4.17. The van der Waals surface area contributed by atoms with E-state index in [-0.39, 0.29) is 11.9 Å². The lowest BCUT2D eigenvalue weighted by Gasteiger charge is -2.15. The summed E-state index contributed by atoms with van der Waals surface area (Å²) in [6, 6.07) is 7.83. The number of rotatable bonds is 1. The van der Waals surface area contributed by atoms with E-state index >= 15 is 0 Å². The summed E-state index contributed by atoms with van der Waals surface area (Å²) in [5.41, 5.74) is 7.70. The predicted molar refractivity (Wildman–Crippen MR) is 71.0 cm³/mol. The largest absolute Gasteiger partial charge is 0.337 e. The van der Waals surface area contributed by atoms with E-state index in [0.29, 0.717) is 6.54 Å². The number of carbonyl (C=O) groups excluding carboxylic acids is 1. The van der Waals surface area contributed by atoms with Gasteiger partial charge in [-0.3, -0.25) is 4.79 Å². The van der Waals surface area contributed by atoms with Gasteiger partial charge in [-0.05, 0) is 25.5 Å². The van der Waals surface area contributed by atoms with Crippen LogP contribution in [0.25, 0.3) is 0 Å². The van der Waals surface area contributed by atoms with Crippen molar-refractivity contribution in [3.63, 3.8) is 0 Å². The number of aryl methyl sites for hydroxylation is 1. The van der Waals surface area contributed by atoms with E-state index in [1.807, 2.05) is 49.9 Å². The van der Waals surface area contributed by atoms with E-state index in [4.69, 9.17) is 5.73 Å². The molecule has 94 valence electrons. The van der Waals surface area contributed by atoms with E-state index in [1.54, 1.807) is 0 Å². The molecule has 1 aromatic carbocycles. The van der Waals surface area contributed by atoms with Crippen molar-refractivity contribution in [2.45, 2.75) is 33.2 Å². The number of hydrogen-bond acceptors (Lipinski definition) is 2. The third-order valence-corrected chi connectivity index (χ3v) is 2.81. The van der Waals surface area contributed by atoms with Crippen molar-refractivity contribution >= 4 is 5.91 Å². The highest BCUT2D eigenvalue weighted by Crippen LogP contribution is 2.12. The van der Waals surface area contributed by atoms with Crippen LogP contribution in [0.1, 0.15) is 36.2 Å². The van der Waals surface area contributed by atoms with Crippen molar-refractivity contribution in [1.82, 2.24) is 4.90 Å². The second-order valence-electron chi connectivity index (χ2n) is 4.17. The molecule has 0 unspecified atom stereocenters. The fourth-order valence-corrected chi connectivity index (χ4v) is 1.85. The number of nitrogens with two attached hydrogens (primary N) is 1. The average Bonchev–Trinajstić information content (AvgIpc) is 2.79. The van der Waals surface area contributed by atoms with Crippen molar-refractivity contribution in [3.8, 4) is 0 Å². The second kappa shape index (κ2) is 6.40. The summed E-state index contributed by atoms with van der Waals surface area (Å²) in [7, 11) is 0. The lowest BCUT2D eigenvalue weighted by Crippen LogP contribution is -2.31. The van der Waals surface area contributed by atoms with Gasteiger partial charge in [0.1, 0.15) is 0 Å². The fraction of sp³-hybridized carbons (Fsp3) is 0.500. The number of amides is 1. The van der Waals surface area contributed by atoms with Gasteiger partial charge in [0.25, 0.3) is 5.91 Å². The highest BCUT2D eigenvalue weighted by Gasteiger charge is 2.24. The number of nitrogens with zero attached hydrogens (tertiary/aromatic N) is 1. The standard InChI is InChI=1S/C12H16N2O.C2H6/c1-9-2-4-10(5-3-9)12(15)14-7-6-11(13)8-14;1-2/h2-5,11H,6-8,13H2,1H3;1-2H3/t11-;/m1./s1. The fourth-order valence-electron chi connectivity index (χ4n) is 1.85. The third kappa shape index (κ3) is 3.56. The molecule has 1 aliphatic heterocycles.